The van der Waals surface area contributed by atoms with Gasteiger partial charge in [-0.15, -0.1) is 0 Å². The van der Waals surface area contributed by atoms with E-state index >= 15 is 0 Å². The fourth-order valence-electron chi connectivity index (χ4n) is 2.26. The van der Waals surface area contributed by atoms with Crippen LogP contribution in [0.2, 0.25) is 0 Å². The molecule has 1 aromatic heterocycles. The Morgan fingerprint density at radius 3 is 2.46 bits per heavy atom. The van der Waals surface area contributed by atoms with Crippen molar-refractivity contribution in [2.75, 3.05) is 12.9 Å². The highest BCUT2D eigenvalue weighted by Gasteiger charge is 2.26. The third-order valence-electron chi connectivity index (χ3n) is 3.68. The lowest BCUT2D eigenvalue weighted by molar-refractivity contribution is -0.133. The molecule has 0 aliphatic carbocycles. The summed E-state index contributed by atoms with van der Waals surface area (Å²) in [6.07, 6.45) is -3.85. The Balaban J connectivity index is 2.08. The zero-order valence-electron chi connectivity index (χ0n) is 14.6. The van der Waals surface area contributed by atoms with Crippen molar-refractivity contribution in [2.24, 2.45) is 0 Å². The van der Waals surface area contributed by atoms with Gasteiger partial charge >= 0.3 is 6.43 Å². The zero-order chi connectivity index (χ0) is 20.9. The molecule has 1 amide bonds. The minimum Gasteiger partial charge on any atom is -0.386 e. The van der Waals surface area contributed by atoms with Gasteiger partial charge in [0.2, 0.25) is 10.0 Å². The van der Waals surface area contributed by atoms with Gasteiger partial charge in [0.15, 0.2) is 5.76 Å². The van der Waals surface area contributed by atoms with E-state index in [9.17, 15) is 31.5 Å². The van der Waals surface area contributed by atoms with E-state index in [4.69, 9.17) is 4.52 Å². The Labute approximate surface area is 158 Å². The maximum absolute atomic E-state index is 13.0. The monoisotopic (exact) mass is 421 g/mol. The van der Waals surface area contributed by atoms with Gasteiger partial charge in [0.1, 0.15) is 12.8 Å². The predicted molar refractivity (Wildman–Crippen MR) is 92.5 cm³/mol. The highest BCUT2D eigenvalue weighted by Crippen LogP contribution is 2.24. The molecule has 12 heteroatoms. The number of benzene rings is 1. The maximum atomic E-state index is 13.0. The molecule has 0 saturated carbocycles. The molecule has 2 atom stereocenters. The number of hydrogen-bond donors (Lipinski definition) is 3. The molecule has 0 fully saturated rings. The lowest BCUT2D eigenvalue weighted by Crippen LogP contribution is -2.43. The maximum Gasteiger partial charge on any atom is 0.315 e. The largest absolute Gasteiger partial charge is 0.386 e. The van der Waals surface area contributed by atoms with Crippen LogP contribution < -0.4 is 10.0 Å². The fourth-order valence-corrected chi connectivity index (χ4v) is 2.67. The number of carbonyl (C=O) groups excluding carboxylic acids is 1. The van der Waals surface area contributed by atoms with Gasteiger partial charge in [-0.1, -0.05) is 29.4 Å². The molecule has 0 aliphatic rings. The van der Waals surface area contributed by atoms with E-state index in [1.54, 1.807) is 5.32 Å². The third-order valence-corrected chi connectivity index (χ3v) is 4.35. The van der Waals surface area contributed by atoms with Crippen LogP contribution in [-0.4, -0.2) is 50.0 Å². The van der Waals surface area contributed by atoms with Crippen LogP contribution in [0.1, 0.15) is 17.4 Å². The summed E-state index contributed by atoms with van der Waals surface area (Å²) in [5, 5.41) is 15.6. The highest BCUT2D eigenvalue weighted by molar-refractivity contribution is 7.88. The van der Waals surface area contributed by atoms with E-state index < -0.39 is 41.2 Å². The van der Waals surface area contributed by atoms with Gasteiger partial charge in [-0.2, -0.15) is 8.78 Å². The second kappa shape index (κ2) is 9.17. The molecule has 1 heterocycles. The van der Waals surface area contributed by atoms with Gasteiger partial charge in [-0.3, -0.25) is 4.79 Å². The van der Waals surface area contributed by atoms with E-state index in [1.165, 1.54) is 30.3 Å². The fraction of sp³-hybridized carbons (Fsp3) is 0.375. The van der Waals surface area contributed by atoms with Crippen molar-refractivity contribution >= 4 is 15.9 Å². The van der Waals surface area contributed by atoms with Crippen molar-refractivity contribution in [1.29, 1.82) is 0 Å². The predicted octanol–water partition coefficient (Wildman–Crippen LogP) is 1.14. The first-order valence-electron chi connectivity index (χ1n) is 7.94. The average molecular weight is 421 g/mol. The topological polar surface area (TPSA) is 122 Å². The van der Waals surface area contributed by atoms with Crippen molar-refractivity contribution < 1.29 is 36.0 Å². The van der Waals surface area contributed by atoms with Crippen molar-refractivity contribution in [3.63, 3.8) is 0 Å². The van der Waals surface area contributed by atoms with Gasteiger partial charge < -0.3 is 14.9 Å². The number of aromatic nitrogens is 1. The molecule has 8 nitrogen and oxygen atoms in total. The van der Waals surface area contributed by atoms with Crippen molar-refractivity contribution in [3.8, 4) is 11.3 Å². The number of alkyl halides is 3. The summed E-state index contributed by atoms with van der Waals surface area (Å²) >= 11 is 0. The molecule has 28 heavy (non-hydrogen) atoms. The minimum atomic E-state index is -3.38. The first-order valence-corrected chi connectivity index (χ1v) is 9.83. The molecule has 0 bridgehead atoms. The van der Waals surface area contributed by atoms with Crippen molar-refractivity contribution in [3.05, 3.63) is 41.6 Å². The quantitative estimate of drug-likeness (QED) is 0.558. The van der Waals surface area contributed by atoms with Gasteiger partial charge in [-0.25, -0.2) is 17.5 Å². The summed E-state index contributed by atoms with van der Waals surface area (Å²) in [5.74, 6) is -1.35. The van der Waals surface area contributed by atoms with Crippen LogP contribution in [0, 0.1) is 0 Å². The Bertz CT molecular complexity index is 903. The van der Waals surface area contributed by atoms with E-state index in [0.29, 0.717) is 17.0 Å². The van der Waals surface area contributed by atoms with Crippen LogP contribution in [0.25, 0.3) is 11.3 Å². The van der Waals surface area contributed by atoms with E-state index in [2.05, 4.69) is 9.88 Å². The van der Waals surface area contributed by atoms with Gasteiger partial charge in [0.25, 0.3) is 5.91 Å². The number of hydrogen-bond acceptors (Lipinski definition) is 6. The molecule has 0 unspecified atom stereocenters. The summed E-state index contributed by atoms with van der Waals surface area (Å²) in [6.45, 7) is -1.29. The Morgan fingerprint density at radius 1 is 1.29 bits per heavy atom. The Kier molecular flexibility index (Phi) is 7.16. The second-order valence-electron chi connectivity index (χ2n) is 5.91. The normalized spacial score (nSPS) is 14.1. The molecular formula is C16H18F3N3O5S. The average Bonchev–Trinajstić information content (AvgIpc) is 3.12. The first-order chi connectivity index (χ1) is 13.1. The third kappa shape index (κ3) is 6.04. The number of aliphatic hydroxyl groups excluding tert-OH is 1. The lowest BCUT2D eigenvalue weighted by atomic mass is 10.0. The smallest absolute Gasteiger partial charge is 0.315 e. The van der Waals surface area contributed by atoms with Gasteiger partial charge in [-0.05, 0) is 5.56 Å². The number of amides is 1. The second-order valence-corrected chi connectivity index (χ2v) is 7.75. The number of aliphatic hydroxyl groups is 1. The highest BCUT2D eigenvalue weighted by atomic mass is 32.2. The van der Waals surface area contributed by atoms with E-state index in [-0.39, 0.29) is 12.1 Å². The number of carbonyl (C=O) groups is 1. The number of nitrogens with one attached hydrogen (secondary N) is 2. The summed E-state index contributed by atoms with van der Waals surface area (Å²) in [4.78, 5) is 11.0. The number of nitrogens with zero attached hydrogens (tertiary/aromatic N) is 1. The van der Waals surface area contributed by atoms with Crippen LogP contribution >= 0.6 is 0 Å². The zero-order valence-corrected chi connectivity index (χ0v) is 15.4. The summed E-state index contributed by atoms with van der Waals surface area (Å²) in [6, 6.07) is 5.83. The molecule has 2 rings (SSSR count). The van der Waals surface area contributed by atoms with E-state index in [1.807, 2.05) is 0 Å². The van der Waals surface area contributed by atoms with Crippen LogP contribution in [0.15, 0.2) is 34.9 Å². The Morgan fingerprint density at radius 2 is 1.93 bits per heavy atom. The van der Waals surface area contributed by atoms with Crippen LogP contribution in [-0.2, 0) is 21.4 Å². The molecule has 3 N–H and O–H groups in total. The number of sulfonamides is 1. The van der Waals surface area contributed by atoms with E-state index in [0.717, 1.165) is 6.26 Å². The lowest BCUT2D eigenvalue weighted by Gasteiger charge is -2.21. The SMILES string of the molecule is CS(=O)(=O)NCc1cc(-c2ccc([C@@H](O)[C@H](CF)NC(=O)C(F)F)cc2)on1. The number of rotatable bonds is 9. The van der Waals surface area contributed by atoms with Gasteiger partial charge in [0, 0.05) is 11.6 Å². The van der Waals surface area contributed by atoms with Gasteiger partial charge in [0.05, 0.1) is 24.5 Å². The molecule has 0 spiro atoms. The molecule has 0 aliphatic heterocycles. The van der Waals surface area contributed by atoms with Crippen molar-refractivity contribution in [1.82, 2.24) is 15.2 Å². The van der Waals surface area contributed by atoms with Crippen LogP contribution in [0.5, 0.6) is 0 Å². The number of halogens is 3. The standard InChI is InChI=1S/C16H18F3N3O5S/c1-28(25,26)20-8-11-6-13(27-22-11)9-2-4-10(5-3-9)14(23)12(7-17)21-16(24)15(18)19/h2-6,12,14-15,20,23H,7-8H2,1H3,(H,21,24)/t12-,14+/m0/s1. The molecular weight excluding hydrogens is 403 g/mol. The van der Waals surface area contributed by atoms with Crippen molar-refractivity contribution in [2.45, 2.75) is 25.1 Å². The minimum absolute atomic E-state index is 0.0544. The summed E-state index contributed by atoms with van der Waals surface area (Å²) in [5.41, 5.74) is 1.07. The Hall–Kier alpha value is -2.44. The molecule has 154 valence electrons. The summed E-state index contributed by atoms with van der Waals surface area (Å²) < 4.78 is 67.1. The summed E-state index contributed by atoms with van der Waals surface area (Å²) in [7, 11) is -3.38. The molecule has 1 aromatic carbocycles. The molecule has 0 radical (unpaired) electrons. The van der Waals surface area contributed by atoms with Crippen LogP contribution in [0.3, 0.4) is 0 Å². The molecule has 0 saturated heterocycles. The first kappa shape index (κ1) is 21.9. The molecule has 2 aromatic rings. The van der Waals surface area contributed by atoms with Crippen LogP contribution in [0.4, 0.5) is 13.2 Å².